The SMILES string of the molecule is Cc1ccc(NC(=O)C(C)C)c(N=[N+]=[N-])c1. The van der Waals surface area contributed by atoms with Crippen LogP contribution in [0.3, 0.4) is 0 Å². The molecule has 0 aliphatic carbocycles. The molecule has 0 atom stereocenters. The maximum Gasteiger partial charge on any atom is 0.226 e. The molecule has 5 nitrogen and oxygen atoms in total. The van der Waals surface area contributed by atoms with Crippen LogP contribution in [0.25, 0.3) is 10.4 Å². The minimum atomic E-state index is -0.111. The molecule has 0 saturated carbocycles. The van der Waals surface area contributed by atoms with Gasteiger partial charge in [0.25, 0.3) is 0 Å². The molecule has 1 aromatic carbocycles. The molecule has 0 saturated heterocycles. The van der Waals surface area contributed by atoms with Gasteiger partial charge in [0.2, 0.25) is 5.91 Å². The number of hydrogen-bond donors (Lipinski definition) is 1. The molecule has 0 heterocycles. The van der Waals surface area contributed by atoms with E-state index < -0.39 is 0 Å². The normalized spacial score (nSPS) is 9.75. The number of rotatable bonds is 3. The fourth-order valence-corrected chi connectivity index (χ4v) is 1.16. The molecular weight excluding hydrogens is 204 g/mol. The third kappa shape index (κ3) is 3.00. The summed E-state index contributed by atoms with van der Waals surface area (Å²) in [5.41, 5.74) is 10.4. The van der Waals surface area contributed by atoms with Crippen LogP contribution >= 0.6 is 0 Å². The topological polar surface area (TPSA) is 77.9 Å². The van der Waals surface area contributed by atoms with Crippen LogP contribution in [0.4, 0.5) is 11.4 Å². The van der Waals surface area contributed by atoms with Gasteiger partial charge in [0.05, 0.1) is 11.4 Å². The molecule has 0 spiro atoms. The van der Waals surface area contributed by atoms with Crippen molar-refractivity contribution in [2.45, 2.75) is 20.8 Å². The third-order valence-electron chi connectivity index (χ3n) is 2.09. The Morgan fingerprint density at radius 1 is 1.50 bits per heavy atom. The highest BCUT2D eigenvalue weighted by Crippen LogP contribution is 2.26. The van der Waals surface area contributed by atoms with Crippen LogP contribution < -0.4 is 5.32 Å². The summed E-state index contributed by atoms with van der Waals surface area (Å²) in [6.07, 6.45) is 0. The first-order valence-corrected chi connectivity index (χ1v) is 5.01. The minimum absolute atomic E-state index is 0.0988. The lowest BCUT2D eigenvalue weighted by Gasteiger charge is -2.10. The van der Waals surface area contributed by atoms with Gasteiger partial charge in [-0.15, -0.1) is 0 Å². The number of hydrogen-bond acceptors (Lipinski definition) is 2. The third-order valence-corrected chi connectivity index (χ3v) is 2.09. The van der Waals surface area contributed by atoms with Crippen LogP contribution in [0, 0.1) is 12.8 Å². The van der Waals surface area contributed by atoms with Gasteiger partial charge in [-0.3, -0.25) is 4.79 Å². The van der Waals surface area contributed by atoms with Crippen molar-refractivity contribution in [2.24, 2.45) is 11.0 Å². The number of carbonyl (C=O) groups is 1. The van der Waals surface area contributed by atoms with Gasteiger partial charge in [-0.05, 0) is 24.6 Å². The largest absolute Gasteiger partial charge is 0.325 e. The van der Waals surface area contributed by atoms with E-state index in [0.29, 0.717) is 11.4 Å². The van der Waals surface area contributed by atoms with Gasteiger partial charge in [-0.1, -0.05) is 30.6 Å². The van der Waals surface area contributed by atoms with Crippen LogP contribution in [0.15, 0.2) is 23.3 Å². The van der Waals surface area contributed by atoms with Gasteiger partial charge < -0.3 is 5.32 Å². The zero-order valence-corrected chi connectivity index (χ0v) is 9.56. The number of nitrogens with one attached hydrogen (secondary N) is 1. The smallest absolute Gasteiger partial charge is 0.226 e. The fourth-order valence-electron chi connectivity index (χ4n) is 1.16. The molecule has 0 aromatic heterocycles. The molecule has 16 heavy (non-hydrogen) atoms. The Labute approximate surface area is 94.1 Å². The molecule has 84 valence electrons. The van der Waals surface area contributed by atoms with Crippen molar-refractivity contribution in [1.29, 1.82) is 0 Å². The summed E-state index contributed by atoms with van der Waals surface area (Å²) < 4.78 is 0. The average molecular weight is 218 g/mol. The second kappa shape index (κ2) is 5.19. The van der Waals surface area contributed by atoms with Crippen LogP contribution in [0.2, 0.25) is 0 Å². The van der Waals surface area contributed by atoms with Crippen LogP contribution in [-0.4, -0.2) is 5.91 Å². The van der Waals surface area contributed by atoms with Crippen LogP contribution in [-0.2, 0) is 4.79 Å². The minimum Gasteiger partial charge on any atom is -0.325 e. The number of aryl methyl sites for hydroxylation is 1. The molecule has 0 aliphatic rings. The first-order valence-electron chi connectivity index (χ1n) is 5.01. The van der Waals surface area contributed by atoms with Crippen molar-refractivity contribution < 1.29 is 4.79 Å². The van der Waals surface area contributed by atoms with E-state index in [1.54, 1.807) is 26.0 Å². The molecule has 1 rings (SSSR count). The monoisotopic (exact) mass is 218 g/mol. The average Bonchev–Trinajstić information content (AvgIpc) is 2.22. The van der Waals surface area contributed by atoms with Gasteiger partial charge in [0, 0.05) is 10.8 Å². The van der Waals surface area contributed by atoms with Crippen molar-refractivity contribution in [2.75, 3.05) is 5.32 Å². The van der Waals surface area contributed by atoms with Gasteiger partial charge in [0.1, 0.15) is 0 Å². The molecule has 0 radical (unpaired) electrons. The Balaban J connectivity index is 3.03. The second-order valence-electron chi connectivity index (χ2n) is 3.85. The molecule has 1 aromatic rings. The highest BCUT2D eigenvalue weighted by Gasteiger charge is 2.09. The van der Waals surface area contributed by atoms with Crippen molar-refractivity contribution in [3.05, 3.63) is 34.2 Å². The Morgan fingerprint density at radius 2 is 2.19 bits per heavy atom. The summed E-state index contributed by atoms with van der Waals surface area (Å²) in [5.74, 6) is -0.210. The lowest BCUT2D eigenvalue weighted by molar-refractivity contribution is -0.118. The lowest BCUT2D eigenvalue weighted by atomic mass is 10.1. The zero-order valence-electron chi connectivity index (χ0n) is 9.56. The molecule has 5 heteroatoms. The summed E-state index contributed by atoms with van der Waals surface area (Å²) in [6.45, 7) is 5.50. The molecule has 0 aliphatic heterocycles. The van der Waals surface area contributed by atoms with Crippen LogP contribution in [0.5, 0.6) is 0 Å². The zero-order chi connectivity index (χ0) is 12.1. The van der Waals surface area contributed by atoms with E-state index in [2.05, 4.69) is 15.3 Å². The van der Waals surface area contributed by atoms with Crippen LogP contribution in [0.1, 0.15) is 19.4 Å². The van der Waals surface area contributed by atoms with E-state index >= 15 is 0 Å². The second-order valence-corrected chi connectivity index (χ2v) is 3.85. The van der Waals surface area contributed by atoms with Gasteiger partial charge in [-0.2, -0.15) is 0 Å². The Morgan fingerprint density at radius 3 is 2.75 bits per heavy atom. The van der Waals surface area contributed by atoms with Crippen molar-refractivity contribution in [3.63, 3.8) is 0 Å². The fraction of sp³-hybridized carbons (Fsp3) is 0.364. The van der Waals surface area contributed by atoms with E-state index in [1.165, 1.54) is 0 Å². The van der Waals surface area contributed by atoms with Crippen molar-refractivity contribution >= 4 is 17.3 Å². The highest BCUT2D eigenvalue weighted by atomic mass is 16.1. The van der Waals surface area contributed by atoms with Gasteiger partial charge >= 0.3 is 0 Å². The Bertz CT molecular complexity index is 447. The first-order chi connectivity index (χ1) is 7.54. The Kier molecular flexibility index (Phi) is 3.91. The van der Waals surface area contributed by atoms with E-state index in [1.807, 2.05) is 13.0 Å². The van der Waals surface area contributed by atoms with Gasteiger partial charge in [-0.25, -0.2) is 0 Å². The summed E-state index contributed by atoms with van der Waals surface area (Å²) in [7, 11) is 0. The Hall–Kier alpha value is -2.00. The number of benzene rings is 1. The highest BCUT2D eigenvalue weighted by molar-refractivity contribution is 5.94. The first kappa shape index (κ1) is 12.1. The number of amides is 1. The molecule has 1 amide bonds. The predicted molar refractivity (Wildman–Crippen MR) is 63.5 cm³/mol. The summed E-state index contributed by atoms with van der Waals surface area (Å²) in [4.78, 5) is 14.2. The van der Waals surface area contributed by atoms with E-state index in [4.69, 9.17) is 5.53 Å². The summed E-state index contributed by atoms with van der Waals surface area (Å²) in [6, 6.07) is 5.32. The lowest BCUT2D eigenvalue weighted by Crippen LogP contribution is -2.17. The molecule has 1 N–H and O–H groups in total. The van der Waals surface area contributed by atoms with Crippen molar-refractivity contribution in [3.8, 4) is 0 Å². The standard InChI is InChI=1S/C11H14N4O/c1-7(2)11(16)13-9-5-4-8(3)6-10(9)14-15-12/h4-7H,1-3H3,(H,13,16). The molecular formula is C11H14N4O. The quantitative estimate of drug-likeness (QED) is 0.470. The van der Waals surface area contributed by atoms with Crippen molar-refractivity contribution in [1.82, 2.24) is 0 Å². The molecule has 0 fully saturated rings. The maximum atomic E-state index is 11.5. The van der Waals surface area contributed by atoms with E-state index in [0.717, 1.165) is 5.56 Å². The van der Waals surface area contributed by atoms with Gasteiger partial charge in [0.15, 0.2) is 0 Å². The molecule has 0 bridgehead atoms. The summed E-state index contributed by atoms with van der Waals surface area (Å²) >= 11 is 0. The number of carbonyl (C=O) groups excluding carboxylic acids is 1. The predicted octanol–water partition coefficient (Wildman–Crippen LogP) is 3.53. The number of nitrogens with zero attached hydrogens (tertiary/aromatic N) is 3. The number of azide groups is 1. The molecule has 0 unspecified atom stereocenters. The van der Waals surface area contributed by atoms with E-state index in [9.17, 15) is 4.79 Å². The number of anilines is 1. The maximum absolute atomic E-state index is 11.5. The summed E-state index contributed by atoms with van der Waals surface area (Å²) in [5, 5.41) is 6.26. The van der Waals surface area contributed by atoms with E-state index in [-0.39, 0.29) is 11.8 Å².